The van der Waals surface area contributed by atoms with Gasteiger partial charge in [-0.1, -0.05) is 60.7 Å². The van der Waals surface area contributed by atoms with Gasteiger partial charge in [-0.3, -0.25) is 9.69 Å². The second-order valence-electron chi connectivity index (χ2n) is 6.51. The molecule has 0 unspecified atom stereocenters. The molecule has 0 atom stereocenters. The average molecular weight is 346 g/mol. The summed E-state index contributed by atoms with van der Waals surface area (Å²) < 4.78 is 0. The number of piperidine rings is 1. The highest BCUT2D eigenvalue weighted by atomic mass is 35.5. The Labute approximate surface area is 149 Å². The summed E-state index contributed by atoms with van der Waals surface area (Å²) >= 11 is 0. The summed E-state index contributed by atoms with van der Waals surface area (Å²) in [4.78, 5) is 14.3. The van der Waals surface area contributed by atoms with Crippen LogP contribution in [0.5, 0.6) is 0 Å². The predicted molar refractivity (Wildman–Crippen MR) is 98.4 cm³/mol. The van der Waals surface area contributed by atoms with Crippen molar-refractivity contribution >= 4 is 18.4 Å². The Morgan fingerprint density at radius 3 is 1.92 bits per heavy atom. The SMILES string of the molecule is Cl.O=C(O)C1(Cc2ccccc2)CCN(Cc2ccccc2)CC1. The van der Waals surface area contributed by atoms with Crippen LogP contribution >= 0.6 is 12.4 Å². The number of likely N-dealkylation sites (tertiary alicyclic amines) is 1. The second kappa shape index (κ2) is 8.32. The van der Waals surface area contributed by atoms with E-state index in [0.717, 1.165) is 25.2 Å². The van der Waals surface area contributed by atoms with Gasteiger partial charge in [-0.25, -0.2) is 0 Å². The minimum atomic E-state index is -0.652. The Bertz CT molecular complexity index is 637. The van der Waals surface area contributed by atoms with Gasteiger partial charge in [0.25, 0.3) is 0 Å². The van der Waals surface area contributed by atoms with Crippen molar-refractivity contribution in [2.45, 2.75) is 25.8 Å². The van der Waals surface area contributed by atoms with Crippen LogP contribution in [-0.4, -0.2) is 29.1 Å². The van der Waals surface area contributed by atoms with Gasteiger partial charge in [-0.05, 0) is 43.5 Å². The summed E-state index contributed by atoms with van der Waals surface area (Å²) in [5.41, 5.74) is 1.79. The van der Waals surface area contributed by atoms with Crippen LogP contribution in [0.25, 0.3) is 0 Å². The molecule has 2 aromatic carbocycles. The number of aliphatic carboxylic acids is 1. The molecule has 1 aliphatic rings. The van der Waals surface area contributed by atoms with E-state index in [1.807, 2.05) is 36.4 Å². The van der Waals surface area contributed by atoms with E-state index in [1.54, 1.807) is 0 Å². The van der Waals surface area contributed by atoms with E-state index < -0.39 is 11.4 Å². The van der Waals surface area contributed by atoms with Crippen molar-refractivity contribution in [2.24, 2.45) is 5.41 Å². The van der Waals surface area contributed by atoms with Gasteiger partial charge in [0.05, 0.1) is 5.41 Å². The minimum Gasteiger partial charge on any atom is -0.481 e. The van der Waals surface area contributed by atoms with Gasteiger partial charge in [0.2, 0.25) is 0 Å². The zero-order chi connectivity index (χ0) is 16.1. The summed E-state index contributed by atoms with van der Waals surface area (Å²) in [6.45, 7) is 2.59. The van der Waals surface area contributed by atoms with Gasteiger partial charge < -0.3 is 5.11 Å². The van der Waals surface area contributed by atoms with Gasteiger partial charge in [-0.2, -0.15) is 0 Å². The molecule has 0 aliphatic carbocycles. The van der Waals surface area contributed by atoms with Gasteiger partial charge in [0.15, 0.2) is 0 Å². The summed E-state index contributed by atoms with van der Waals surface area (Å²) in [5, 5.41) is 9.81. The third-order valence-corrected chi connectivity index (χ3v) is 4.90. The second-order valence-corrected chi connectivity index (χ2v) is 6.51. The van der Waals surface area contributed by atoms with Gasteiger partial charge >= 0.3 is 5.97 Å². The molecule has 24 heavy (non-hydrogen) atoms. The zero-order valence-corrected chi connectivity index (χ0v) is 14.5. The van der Waals surface area contributed by atoms with E-state index in [0.29, 0.717) is 19.3 Å². The Hall–Kier alpha value is -1.84. The molecule has 128 valence electrons. The van der Waals surface area contributed by atoms with Crippen molar-refractivity contribution in [3.05, 3.63) is 71.8 Å². The standard InChI is InChI=1S/C20H23NO2.ClH/c22-19(23)20(15-17-7-3-1-4-8-17)11-13-21(14-12-20)16-18-9-5-2-6-10-18;/h1-10H,11-16H2,(H,22,23);1H. The van der Waals surface area contributed by atoms with Crippen molar-refractivity contribution < 1.29 is 9.90 Å². The maximum atomic E-state index is 11.9. The van der Waals surface area contributed by atoms with Crippen LogP contribution in [0.1, 0.15) is 24.0 Å². The zero-order valence-electron chi connectivity index (χ0n) is 13.7. The van der Waals surface area contributed by atoms with E-state index in [1.165, 1.54) is 5.56 Å². The number of benzene rings is 2. The molecule has 0 aromatic heterocycles. The Balaban J connectivity index is 0.00000208. The molecule has 3 rings (SSSR count). The quantitative estimate of drug-likeness (QED) is 0.889. The molecule has 1 aliphatic heterocycles. The van der Waals surface area contributed by atoms with E-state index in [-0.39, 0.29) is 12.4 Å². The van der Waals surface area contributed by atoms with E-state index >= 15 is 0 Å². The number of halogens is 1. The highest BCUT2D eigenvalue weighted by molar-refractivity contribution is 5.85. The monoisotopic (exact) mass is 345 g/mol. The number of hydrogen-bond donors (Lipinski definition) is 1. The Kier molecular flexibility index (Phi) is 6.41. The van der Waals surface area contributed by atoms with Crippen LogP contribution in [0, 0.1) is 5.41 Å². The lowest BCUT2D eigenvalue weighted by Gasteiger charge is -2.39. The molecule has 0 bridgehead atoms. The van der Waals surface area contributed by atoms with E-state index in [4.69, 9.17) is 0 Å². The van der Waals surface area contributed by atoms with Crippen LogP contribution in [0.4, 0.5) is 0 Å². The lowest BCUT2D eigenvalue weighted by Crippen LogP contribution is -2.45. The lowest BCUT2D eigenvalue weighted by molar-refractivity contribution is -0.152. The molecule has 2 aromatic rings. The highest BCUT2D eigenvalue weighted by Crippen LogP contribution is 2.36. The summed E-state index contributed by atoms with van der Waals surface area (Å²) in [6.07, 6.45) is 2.05. The van der Waals surface area contributed by atoms with Crippen LogP contribution in [0.15, 0.2) is 60.7 Å². The Morgan fingerprint density at radius 2 is 1.42 bits per heavy atom. The number of carboxylic acid groups (broad SMARTS) is 1. The molecule has 1 fully saturated rings. The molecule has 0 radical (unpaired) electrons. The number of rotatable bonds is 5. The van der Waals surface area contributed by atoms with E-state index in [2.05, 4.69) is 29.2 Å². The Morgan fingerprint density at radius 1 is 0.917 bits per heavy atom. The average Bonchev–Trinajstić information content (AvgIpc) is 2.58. The molecule has 0 spiro atoms. The first kappa shape index (κ1) is 18.5. The van der Waals surface area contributed by atoms with Crippen molar-refractivity contribution in [3.63, 3.8) is 0 Å². The predicted octanol–water partition coefficient (Wildman–Crippen LogP) is 4.02. The van der Waals surface area contributed by atoms with Crippen LogP contribution in [0.3, 0.4) is 0 Å². The highest BCUT2D eigenvalue weighted by Gasteiger charge is 2.41. The smallest absolute Gasteiger partial charge is 0.310 e. The maximum Gasteiger partial charge on any atom is 0.310 e. The fourth-order valence-corrected chi connectivity index (χ4v) is 3.43. The fourth-order valence-electron chi connectivity index (χ4n) is 3.43. The van der Waals surface area contributed by atoms with E-state index in [9.17, 15) is 9.90 Å². The third-order valence-electron chi connectivity index (χ3n) is 4.90. The molecule has 4 heteroatoms. The number of nitrogens with zero attached hydrogens (tertiary/aromatic N) is 1. The molecule has 1 N–H and O–H groups in total. The topological polar surface area (TPSA) is 40.5 Å². The molecular weight excluding hydrogens is 322 g/mol. The fraction of sp³-hybridized carbons (Fsp3) is 0.350. The number of hydrogen-bond acceptors (Lipinski definition) is 2. The lowest BCUT2D eigenvalue weighted by atomic mass is 9.74. The largest absolute Gasteiger partial charge is 0.481 e. The van der Waals surface area contributed by atoms with Crippen LogP contribution in [0.2, 0.25) is 0 Å². The first-order chi connectivity index (χ1) is 11.2. The van der Waals surface area contributed by atoms with Gasteiger partial charge in [0.1, 0.15) is 0 Å². The molecule has 1 heterocycles. The maximum absolute atomic E-state index is 11.9. The van der Waals surface area contributed by atoms with Crippen LogP contribution in [-0.2, 0) is 17.8 Å². The van der Waals surface area contributed by atoms with Crippen molar-refractivity contribution in [2.75, 3.05) is 13.1 Å². The molecule has 0 saturated carbocycles. The first-order valence-electron chi connectivity index (χ1n) is 8.22. The molecule has 0 amide bonds. The van der Waals surface area contributed by atoms with Crippen molar-refractivity contribution in [1.29, 1.82) is 0 Å². The normalized spacial score (nSPS) is 17.0. The molecule has 3 nitrogen and oxygen atoms in total. The minimum absolute atomic E-state index is 0. The molecular formula is C20H24ClNO2. The summed E-state index contributed by atoms with van der Waals surface area (Å²) in [7, 11) is 0. The third kappa shape index (κ3) is 4.37. The summed E-state index contributed by atoms with van der Waals surface area (Å²) in [5.74, 6) is -0.652. The number of carboxylic acids is 1. The van der Waals surface area contributed by atoms with Crippen LogP contribution < -0.4 is 0 Å². The van der Waals surface area contributed by atoms with Crippen molar-refractivity contribution in [3.8, 4) is 0 Å². The van der Waals surface area contributed by atoms with Gasteiger partial charge in [-0.15, -0.1) is 12.4 Å². The number of carbonyl (C=O) groups is 1. The van der Waals surface area contributed by atoms with Crippen molar-refractivity contribution in [1.82, 2.24) is 4.90 Å². The molecule has 1 saturated heterocycles. The van der Waals surface area contributed by atoms with Gasteiger partial charge in [0, 0.05) is 6.54 Å². The summed E-state index contributed by atoms with van der Waals surface area (Å²) in [6, 6.07) is 20.4. The first-order valence-corrected chi connectivity index (χ1v) is 8.22.